The number of hydrogen-bond donors (Lipinski definition) is 1. The van der Waals surface area contributed by atoms with Crippen LogP contribution < -0.4 is 0 Å². The van der Waals surface area contributed by atoms with Crippen molar-refractivity contribution >= 4 is 18.1 Å². The van der Waals surface area contributed by atoms with Gasteiger partial charge in [0.25, 0.3) is 0 Å². The lowest BCUT2D eigenvalue weighted by molar-refractivity contribution is -0.151. The van der Waals surface area contributed by atoms with Gasteiger partial charge in [0, 0.05) is 33.2 Å². The van der Waals surface area contributed by atoms with E-state index in [1.54, 1.807) is 11.9 Å². The molecule has 3 amide bonds. The van der Waals surface area contributed by atoms with Crippen LogP contribution in [0, 0.1) is 5.92 Å². The van der Waals surface area contributed by atoms with Crippen LogP contribution in [0.4, 0.5) is 9.59 Å². The third-order valence-corrected chi connectivity index (χ3v) is 4.64. The number of urea groups is 1. The molecule has 8 nitrogen and oxygen atoms in total. The van der Waals surface area contributed by atoms with Gasteiger partial charge in [0.15, 0.2) is 0 Å². The summed E-state index contributed by atoms with van der Waals surface area (Å²) in [5.74, 6) is -0.573. The zero-order chi connectivity index (χ0) is 20.0. The van der Waals surface area contributed by atoms with Crippen molar-refractivity contribution in [1.82, 2.24) is 14.7 Å². The van der Waals surface area contributed by atoms with Crippen molar-refractivity contribution in [3.63, 3.8) is 0 Å². The van der Waals surface area contributed by atoms with Crippen molar-refractivity contribution in [2.75, 3.05) is 33.2 Å². The Labute approximate surface area is 159 Å². The van der Waals surface area contributed by atoms with Crippen LogP contribution in [0.1, 0.15) is 19.4 Å². The van der Waals surface area contributed by atoms with Crippen molar-refractivity contribution < 1.29 is 24.2 Å². The molecule has 0 radical (unpaired) electrons. The maximum Gasteiger partial charge on any atom is 0.407 e. The number of benzene rings is 1. The monoisotopic (exact) mass is 377 g/mol. The Bertz CT molecular complexity index is 657. The SMILES string of the molecule is CC(C)C(C(=O)OCc1ccccc1)N(C)C(=O)N1CCN(C(=O)O)CC1. The fraction of sp³-hybridized carbons (Fsp3) is 0.526. The predicted molar refractivity (Wildman–Crippen MR) is 99.2 cm³/mol. The Kier molecular flexibility index (Phi) is 7.04. The number of carboxylic acid groups (broad SMARTS) is 1. The van der Waals surface area contributed by atoms with Gasteiger partial charge < -0.3 is 24.5 Å². The molecule has 8 heteroatoms. The molecule has 27 heavy (non-hydrogen) atoms. The number of esters is 1. The minimum absolute atomic E-state index is 0.123. The first-order chi connectivity index (χ1) is 12.8. The fourth-order valence-corrected chi connectivity index (χ4v) is 3.12. The summed E-state index contributed by atoms with van der Waals surface area (Å²) < 4.78 is 5.42. The van der Waals surface area contributed by atoms with Gasteiger partial charge in [0.05, 0.1) is 0 Å². The minimum atomic E-state index is -0.986. The van der Waals surface area contributed by atoms with Crippen molar-refractivity contribution in [2.24, 2.45) is 5.92 Å². The molecule has 148 valence electrons. The highest BCUT2D eigenvalue weighted by Gasteiger charge is 2.34. The Morgan fingerprint density at radius 1 is 1.07 bits per heavy atom. The maximum absolute atomic E-state index is 12.8. The normalized spacial score (nSPS) is 15.4. The lowest BCUT2D eigenvalue weighted by Crippen LogP contribution is -2.56. The number of amides is 3. The van der Waals surface area contributed by atoms with Gasteiger partial charge in [-0.05, 0) is 11.5 Å². The fourth-order valence-electron chi connectivity index (χ4n) is 3.12. The number of likely N-dealkylation sites (N-methyl/N-ethyl adjacent to an activating group) is 1. The molecule has 1 fully saturated rings. The van der Waals surface area contributed by atoms with E-state index in [4.69, 9.17) is 9.84 Å². The summed E-state index contributed by atoms with van der Waals surface area (Å²) in [4.78, 5) is 40.6. The van der Waals surface area contributed by atoms with Crippen LogP contribution in [0.5, 0.6) is 0 Å². The van der Waals surface area contributed by atoms with E-state index in [0.29, 0.717) is 13.1 Å². The third-order valence-electron chi connectivity index (χ3n) is 4.64. The second-order valence-corrected chi connectivity index (χ2v) is 6.93. The molecule has 1 N–H and O–H groups in total. The number of hydrogen-bond acceptors (Lipinski definition) is 4. The molecular weight excluding hydrogens is 350 g/mol. The Morgan fingerprint density at radius 3 is 2.15 bits per heavy atom. The van der Waals surface area contributed by atoms with E-state index in [1.807, 2.05) is 44.2 Å². The van der Waals surface area contributed by atoms with Gasteiger partial charge >= 0.3 is 18.1 Å². The lowest BCUT2D eigenvalue weighted by atomic mass is 10.0. The van der Waals surface area contributed by atoms with Gasteiger partial charge in [-0.2, -0.15) is 0 Å². The summed E-state index contributed by atoms with van der Waals surface area (Å²) in [7, 11) is 1.58. The summed E-state index contributed by atoms with van der Waals surface area (Å²) in [5, 5.41) is 9.01. The topological polar surface area (TPSA) is 90.4 Å². The van der Waals surface area contributed by atoms with E-state index >= 15 is 0 Å². The maximum atomic E-state index is 12.8. The van der Waals surface area contributed by atoms with Gasteiger partial charge in [-0.1, -0.05) is 44.2 Å². The van der Waals surface area contributed by atoms with E-state index in [1.165, 1.54) is 9.80 Å². The van der Waals surface area contributed by atoms with Gasteiger partial charge in [-0.15, -0.1) is 0 Å². The molecule has 1 aromatic carbocycles. The highest BCUT2D eigenvalue weighted by molar-refractivity contribution is 5.84. The number of piperazine rings is 1. The highest BCUT2D eigenvalue weighted by Crippen LogP contribution is 2.16. The molecule has 0 saturated carbocycles. The molecular formula is C19H27N3O5. The molecule has 1 aromatic rings. The van der Waals surface area contributed by atoms with Crippen LogP contribution in [0.3, 0.4) is 0 Å². The average molecular weight is 377 g/mol. The summed E-state index contributed by atoms with van der Waals surface area (Å²) in [6, 6.07) is 8.36. The quantitative estimate of drug-likeness (QED) is 0.794. The zero-order valence-electron chi connectivity index (χ0n) is 16.0. The molecule has 1 unspecified atom stereocenters. The van der Waals surface area contributed by atoms with Gasteiger partial charge in [-0.25, -0.2) is 14.4 Å². The number of carbonyl (C=O) groups excluding carboxylic acids is 2. The highest BCUT2D eigenvalue weighted by atomic mass is 16.5. The smallest absolute Gasteiger partial charge is 0.407 e. The molecule has 1 heterocycles. The van der Waals surface area contributed by atoms with Crippen molar-refractivity contribution in [3.05, 3.63) is 35.9 Å². The molecule has 1 atom stereocenters. The molecule has 0 aromatic heterocycles. The van der Waals surface area contributed by atoms with E-state index in [2.05, 4.69) is 0 Å². The van der Waals surface area contributed by atoms with Gasteiger partial charge in [0.1, 0.15) is 12.6 Å². The van der Waals surface area contributed by atoms with Crippen LogP contribution in [0.15, 0.2) is 30.3 Å². The van der Waals surface area contributed by atoms with E-state index in [0.717, 1.165) is 5.56 Å². The predicted octanol–water partition coefficient (Wildman–Crippen LogP) is 2.10. The second-order valence-electron chi connectivity index (χ2n) is 6.93. The Morgan fingerprint density at radius 2 is 1.63 bits per heavy atom. The first-order valence-electron chi connectivity index (χ1n) is 9.01. The number of ether oxygens (including phenoxy) is 1. The van der Waals surface area contributed by atoms with E-state index in [-0.39, 0.29) is 31.6 Å². The van der Waals surface area contributed by atoms with Crippen molar-refractivity contribution in [3.8, 4) is 0 Å². The first kappa shape index (κ1) is 20.5. The van der Waals surface area contributed by atoms with Gasteiger partial charge in [0.2, 0.25) is 0 Å². The summed E-state index contributed by atoms with van der Waals surface area (Å²) >= 11 is 0. The van der Waals surface area contributed by atoms with Crippen LogP contribution in [-0.2, 0) is 16.1 Å². The van der Waals surface area contributed by atoms with Crippen LogP contribution in [-0.4, -0.2) is 77.2 Å². The van der Waals surface area contributed by atoms with Crippen molar-refractivity contribution in [1.29, 1.82) is 0 Å². The summed E-state index contributed by atoms with van der Waals surface area (Å²) in [5.41, 5.74) is 0.882. The van der Waals surface area contributed by atoms with E-state index in [9.17, 15) is 14.4 Å². The van der Waals surface area contributed by atoms with Crippen LogP contribution in [0.2, 0.25) is 0 Å². The zero-order valence-corrected chi connectivity index (χ0v) is 16.0. The average Bonchev–Trinajstić information content (AvgIpc) is 2.66. The molecule has 1 aliphatic rings. The summed E-state index contributed by atoms with van der Waals surface area (Å²) in [6.07, 6.45) is -0.986. The Hall–Kier alpha value is -2.77. The molecule has 1 aliphatic heterocycles. The Balaban J connectivity index is 1.97. The largest absolute Gasteiger partial charge is 0.465 e. The van der Waals surface area contributed by atoms with Crippen molar-refractivity contribution in [2.45, 2.75) is 26.5 Å². The third kappa shape index (κ3) is 5.35. The van der Waals surface area contributed by atoms with E-state index < -0.39 is 18.1 Å². The molecule has 0 spiro atoms. The van der Waals surface area contributed by atoms with Crippen LogP contribution >= 0.6 is 0 Å². The molecule has 1 saturated heterocycles. The second kappa shape index (κ2) is 9.25. The lowest BCUT2D eigenvalue weighted by Gasteiger charge is -2.38. The summed E-state index contributed by atoms with van der Waals surface area (Å²) in [6.45, 7) is 5.02. The number of nitrogens with zero attached hydrogens (tertiary/aromatic N) is 3. The minimum Gasteiger partial charge on any atom is -0.465 e. The number of rotatable bonds is 5. The number of carbonyl (C=O) groups is 3. The molecule has 0 bridgehead atoms. The first-order valence-corrected chi connectivity index (χ1v) is 9.01. The standard InChI is InChI=1S/C19H27N3O5/c1-14(2)16(17(23)27-13-15-7-5-4-6-8-15)20(3)18(24)21-9-11-22(12-10-21)19(25)26/h4-8,14,16H,9-13H2,1-3H3,(H,25,26). The molecule has 2 rings (SSSR count). The van der Waals surface area contributed by atoms with Crippen LogP contribution in [0.25, 0.3) is 0 Å². The van der Waals surface area contributed by atoms with Gasteiger partial charge in [-0.3, -0.25) is 0 Å². The molecule has 0 aliphatic carbocycles.